The lowest BCUT2D eigenvalue weighted by Crippen LogP contribution is -2.58. The lowest BCUT2D eigenvalue weighted by molar-refractivity contribution is -0.142. The number of fused-ring (bicyclic) bond motifs is 1. The molecule has 3 rings (SSSR count). The highest BCUT2D eigenvalue weighted by Gasteiger charge is 2.31. The van der Waals surface area contributed by atoms with Crippen molar-refractivity contribution in [2.45, 2.75) is 56.4 Å². The number of H-pyrrole nitrogens is 2. The second kappa shape index (κ2) is 15.5. The molecule has 2 aromatic heterocycles. The van der Waals surface area contributed by atoms with Crippen molar-refractivity contribution in [3.63, 3.8) is 0 Å². The number of thiol groups is 1. The molecule has 0 fully saturated rings. The molecule has 0 bridgehead atoms. The summed E-state index contributed by atoms with van der Waals surface area (Å²) in [4.78, 5) is 84.1. The summed E-state index contributed by atoms with van der Waals surface area (Å²) in [6.07, 6.45) is 3.76. The molecule has 0 saturated heterocycles. The zero-order chi connectivity index (χ0) is 32.4. The number of benzene rings is 1. The van der Waals surface area contributed by atoms with Gasteiger partial charge in [-0.2, -0.15) is 12.6 Å². The molecule has 0 saturated carbocycles. The van der Waals surface area contributed by atoms with E-state index in [-0.39, 0.29) is 18.6 Å². The molecule has 0 aliphatic rings. The number of imidazole rings is 1. The molecule has 3 aromatic rings. The topological polar surface area (TPSA) is 261 Å². The summed E-state index contributed by atoms with van der Waals surface area (Å²) in [7, 11) is 0. The number of rotatable bonds is 16. The number of carboxylic acids is 2. The third kappa shape index (κ3) is 9.30. The molecule has 0 radical (unpaired) electrons. The average Bonchev–Trinajstić information content (AvgIpc) is 3.64. The van der Waals surface area contributed by atoms with E-state index in [4.69, 9.17) is 10.8 Å². The molecule has 17 heteroatoms. The summed E-state index contributed by atoms with van der Waals surface area (Å²) in [6.45, 7) is 1.35. The van der Waals surface area contributed by atoms with Crippen LogP contribution < -0.4 is 27.0 Å². The Morgan fingerprint density at radius 1 is 0.886 bits per heavy atom. The number of hydrogen-bond donors (Lipinski definition) is 10. The Morgan fingerprint density at radius 3 is 2.18 bits per heavy atom. The Morgan fingerprint density at radius 2 is 1.55 bits per heavy atom. The average molecular weight is 631 g/mol. The van der Waals surface area contributed by atoms with Gasteiger partial charge in [-0.3, -0.25) is 24.0 Å². The second-order valence-corrected chi connectivity index (χ2v) is 10.3. The number of nitrogens with two attached hydrogens (primary N) is 1. The van der Waals surface area contributed by atoms with Crippen LogP contribution in [-0.4, -0.2) is 96.7 Å². The number of hydrogen-bond acceptors (Lipinski definition) is 9. The molecule has 2 heterocycles. The maximum Gasteiger partial charge on any atom is 0.326 e. The normalized spacial score (nSPS) is 14.4. The molecule has 0 unspecified atom stereocenters. The third-order valence-electron chi connectivity index (χ3n) is 6.61. The van der Waals surface area contributed by atoms with Crippen molar-refractivity contribution in [1.82, 2.24) is 36.2 Å². The number of nitrogens with zero attached hydrogens (tertiary/aromatic N) is 1. The Hall–Kier alpha value is -4.90. The van der Waals surface area contributed by atoms with Crippen LogP contribution >= 0.6 is 12.6 Å². The number of nitrogens with one attached hydrogen (secondary N) is 6. The van der Waals surface area contributed by atoms with Crippen LogP contribution in [0.4, 0.5) is 0 Å². The summed E-state index contributed by atoms with van der Waals surface area (Å²) in [6, 6.07) is 0.819. The van der Waals surface area contributed by atoms with Gasteiger partial charge >= 0.3 is 11.9 Å². The van der Waals surface area contributed by atoms with E-state index in [1.54, 1.807) is 12.3 Å². The van der Waals surface area contributed by atoms with Crippen LogP contribution in [0.2, 0.25) is 0 Å². The Kier molecular flexibility index (Phi) is 11.9. The zero-order valence-electron chi connectivity index (χ0n) is 23.6. The monoisotopic (exact) mass is 630 g/mol. The van der Waals surface area contributed by atoms with Gasteiger partial charge in [0.25, 0.3) is 0 Å². The number of aliphatic carboxylic acids is 2. The fraction of sp³-hybridized carbons (Fsp3) is 0.370. The van der Waals surface area contributed by atoms with E-state index in [0.29, 0.717) is 11.3 Å². The summed E-state index contributed by atoms with van der Waals surface area (Å²) >= 11 is 4.04. The minimum atomic E-state index is -1.41. The van der Waals surface area contributed by atoms with Crippen molar-refractivity contribution in [2.75, 3.05) is 5.75 Å². The number of para-hydroxylation sites is 1. The van der Waals surface area contributed by atoms with Gasteiger partial charge in [-0.15, -0.1) is 0 Å². The van der Waals surface area contributed by atoms with Gasteiger partial charge in [0.05, 0.1) is 24.5 Å². The molecular weight excluding hydrogens is 596 g/mol. The van der Waals surface area contributed by atoms with Crippen molar-refractivity contribution in [2.24, 2.45) is 5.73 Å². The van der Waals surface area contributed by atoms with Crippen LogP contribution in [0.15, 0.2) is 43.0 Å². The van der Waals surface area contributed by atoms with Crippen LogP contribution in [0.25, 0.3) is 10.9 Å². The first-order valence-corrected chi connectivity index (χ1v) is 14.1. The van der Waals surface area contributed by atoms with Gasteiger partial charge in [-0.25, -0.2) is 9.78 Å². The first kappa shape index (κ1) is 33.6. The SMILES string of the molecule is C[C@H](NC(=O)[C@H](CS)NC(=O)[C@@H](N)CC(=O)O)C(=O)N[C@@H](Cc1c[nH]c2ccccc12)C(=O)N[C@@H](Cc1c[nH]cn1)C(=O)O. The minimum absolute atomic E-state index is 0.0201. The maximum atomic E-state index is 13.4. The van der Waals surface area contributed by atoms with Gasteiger partial charge in [-0.1, -0.05) is 18.2 Å². The van der Waals surface area contributed by atoms with Crippen molar-refractivity contribution in [3.8, 4) is 0 Å². The standard InChI is InChI=1S/C27H34N8O8S/c1-13(32-26(41)21(11-44)35-24(39)17(28)8-22(36)37)23(38)33-19(6-14-9-30-18-5-3-2-4-16(14)18)25(40)34-20(27(42)43)7-15-10-29-12-31-15/h2-5,9-10,12-13,17,19-21,30,44H,6-8,11,28H2,1H3,(H,29,31)(H,32,41)(H,33,38)(H,34,40)(H,35,39)(H,36,37)(H,42,43)/t13-,17-,19-,20-,21-/m0/s1. The maximum absolute atomic E-state index is 13.4. The highest BCUT2D eigenvalue weighted by atomic mass is 32.1. The molecule has 0 spiro atoms. The van der Waals surface area contributed by atoms with Crippen molar-refractivity contribution in [1.29, 1.82) is 0 Å². The van der Waals surface area contributed by atoms with E-state index in [1.807, 2.05) is 18.2 Å². The molecule has 4 amide bonds. The molecule has 236 valence electrons. The number of carbonyl (C=O) groups excluding carboxylic acids is 4. The largest absolute Gasteiger partial charge is 0.481 e. The Labute approximate surface area is 256 Å². The minimum Gasteiger partial charge on any atom is -0.481 e. The van der Waals surface area contributed by atoms with Gasteiger partial charge < -0.3 is 47.2 Å². The van der Waals surface area contributed by atoms with Crippen molar-refractivity contribution < 1.29 is 39.0 Å². The highest BCUT2D eigenvalue weighted by molar-refractivity contribution is 7.80. The molecule has 10 N–H and O–H groups in total. The molecule has 5 atom stereocenters. The number of carboxylic acid groups (broad SMARTS) is 2. The van der Waals surface area contributed by atoms with E-state index >= 15 is 0 Å². The third-order valence-corrected chi connectivity index (χ3v) is 6.98. The predicted octanol–water partition coefficient (Wildman–Crippen LogP) is -1.55. The molecule has 16 nitrogen and oxygen atoms in total. The smallest absolute Gasteiger partial charge is 0.326 e. The Bertz CT molecular complexity index is 1490. The Balaban J connectivity index is 1.74. The number of aromatic amines is 2. The van der Waals surface area contributed by atoms with Crippen LogP contribution in [0.5, 0.6) is 0 Å². The van der Waals surface area contributed by atoms with Crippen molar-refractivity contribution >= 4 is 59.1 Å². The van der Waals surface area contributed by atoms with Crippen LogP contribution in [0, 0.1) is 0 Å². The quantitative estimate of drug-likeness (QED) is 0.0815. The van der Waals surface area contributed by atoms with Gasteiger partial charge in [0.1, 0.15) is 24.2 Å². The molecule has 1 aromatic carbocycles. The van der Waals surface area contributed by atoms with E-state index in [0.717, 1.165) is 10.9 Å². The number of aromatic nitrogens is 3. The van der Waals surface area contributed by atoms with Crippen molar-refractivity contribution in [3.05, 3.63) is 54.2 Å². The summed E-state index contributed by atoms with van der Waals surface area (Å²) < 4.78 is 0. The molecular formula is C27H34N8O8S. The lowest BCUT2D eigenvalue weighted by Gasteiger charge is -2.24. The van der Waals surface area contributed by atoms with E-state index in [1.165, 1.54) is 19.4 Å². The molecule has 44 heavy (non-hydrogen) atoms. The fourth-order valence-electron chi connectivity index (χ4n) is 4.24. The molecule has 0 aliphatic heterocycles. The van der Waals surface area contributed by atoms with Gasteiger partial charge in [0, 0.05) is 41.9 Å². The first-order chi connectivity index (χ1) is 20.9. The predicted molar refractivity (Wildman–Crippen MR) is 159 cm³/mol. The lowest BCUT2D eigenvalue weighted by atomic mass is 10.0. The van der Waals surface area contributed by atoms with E-state index in [9.17, 15) is 33.9 Å². The van der Waals surface area contributed by atoms with E-state index < -0.39 is 72.2 Å². The fourth-order valence-corrected chi connectivity index (χ4v) is 4.50. The van der Waals surface area contributed by atoms with Crippen LogP contribution in [-0.2, 0) is 41.6 Å². The summed E-state index contributed by atoms with van der Waals surface area (Å²) in [5.41, 5.74) is 7.41. The number of amides is 4. The zero-order valence-corrected chi connectivity index (χ0v) is 24.5. The van der Waals surface area contributed by atoms with Crippen LogP contribution in [0.1, 0.15) is 24.6 Å². The van der Waals surface area contributed by atoms with Gasteiger partial charge in [0.15, 0.2) is 0 Å². The summed E-state index contributed by atoms with van der Waals surface area (Å²) in [5.74, 6) is -6.04. The molecule has 0 aliphatic carbocycles. The first-order valence-electron chi connectivity index (χ1n) is 13.4. The summed E-state index contributed by atoms with van der Waals surface area (Å²) in [5, 5.41) is 29.1. The number of carbonyl (C=O) groups is 6. The highest BCUT2D eigenvalue weighted by Crippen LogP contribution is 2.19. The second-order valence-electron chi connectivity index (χ2n) is 9.97. The van der Waals surface area contributed by atoms with Gasteiger partial charge in [0.2, 0.25) is 23.6 Å². The van der Waals surface area contributed by atoms with E-state index in [2.05, 4.69) is 48.8 Å². The van der Waals surface area contributed by atoms with Gasteiger partial charge in [-0.05, 0) is 18.6 Å². The van der Waals surface area contributed by atoms with Crippen LogP contribution in [0.3, 0.4) is 0 Å².